The lowest BCUT2D eigenvalue weighted by molar-refractivity contribution is 0.0940. The number of amides is 1. The second-order valence-electron chi connectivity index (χ2n) is 4.64. The van der Waals surface area contributed by atoms with Gasteiger partial charge in [-0.05, 0) is 42.8 Å². The van der Waals surface area contributed by atoms with Crippen molar-refractivity contribution in [2.75, 3.05) is 5.73 Å². The number of nitrogens with one attached hydrogen (secondary N) is 1. The summed E-state index contributed by atoms with van der Waals surface area (Å²) in [6, 6.07) is 10.2. The molecule has 2 rings (SSSR count). The van der Waals surface area contributed by atoms with Gasteiger partial charge in [-0.3, -0.25) is 4.79 Å². The third kappa shape index (κ3) is 4.13. The Bertz CT molecular complexity index is 671. The van der Waals surface area contributed by atoms with Gasteiger partial charge in [-0.15, -0.1) is 0 Å². The zero-order valence-corrected chi connectivity index (χ0v) is 14.3. The van der Waals surface area contributed by atoms with Crippen LogP contribution >= 0.6 is 39.1 Å². The summed E-state index contributed by atoms with van der Waals surface area (Å²) >= 11 is 15.2. The van der Waals surface area contributed by atoms with E-state index in [9.17, 15) is 4.79 Å². The van der Waals surface area contributed by atoms with Gasteiger partial charge in [0.15, 0.2) is 0 Å². The number of nitrogen functional groups attached to an aromatic ring is 1. The van der Waals surface area contributed by atoms with Gasteiger partial charge in [0.1, 0.15) is 0 Å². The standard InChI is InChI=1S/C15H13BrCl2N2O/c1-8(9-2-3-13(17)14(18)6-9)20-15(21)10-4-11(16)7-12(19)5-10/h2-8H,19H2,1H3,(H,20,21). The normalized spacial score (nSPS) is 12.0. The Labute approximate surface area is 141 Å². The van der Waals surface area contributed by atoms with Crippen LogP contribution in [-0.2, 0) is 0 Å². The van der Waals surface area contributed by atoms with Gasteiger partial charge >= 0.3 is 0 Å². The highest BCUT2D eigenvalue weighted by Crippen LogP contribution is 2.26. The van der Waals surface area contributed by atoms with E-state index in [1.165, 1.54) is 0 Å². The molecule has 0 aliphatic carbocycles. The van der Waals surface area contributed by atoms with Crippen LogP contribution < -0.4 is 11.1 Å². The molecule has 0 aromatic heterocycles. The van der Waals surface area contributed by atoms with Crippen LogP contribution in [0.4, 0.5) is 5.69 Å². The lowest BCUT2D eigenvalue weighted by atomic mass is 10.1. The second-order valence-corrected chi connectivity index (χ2v) is 6.37. The molecular formula is C15H13BrCl2N2O. The molecule has 0 radical (unpaired) electrons. The van der Waals surface area contributed by atoms with Crippen LogP contribution in [0, 0.1) is 0 Å². The first-order valence-electron chi connectivity index (χ1n) is 6.18. The Kier molecular flexibility index (Phi) is 5.14. The maximum atomic E-state index is 12.2. The zero-order valence-electron chi connectivity index (χ0n) is 11.2. The molecule has 0 fully saturated rings. The van der Waals surface area contributed by atoms with Crippen LogP contribution in [0.3, 0.4) is 0 Å². The molecule has 2 aromatic rings. The summed E-state index contributed by atoms with van der Waals surface area (Å²) in [6.45, 7) is 1.87. The van der Waals surface area contributed by atoms with Gasteiger partial charge < -0.3 is 11.1 Å². The summed E-state index contributed by atoms with van der Waals surface area (Å²) in [7, 11) is 0. The maximum absolute atomic E-state index is 12.2. The first-order chi connectivity index (χ1) is 9.86. The minimum Gasteiger partial charge on any atom is -0.399 e. The van der Waals surface area contributed by atoms with Crippen molar-refractivity contribution >= 4 is 50.7 Å². The smallest absolute Gasteiger partial charge is 0.251 e. The molecule has 3 nitrogen and oxygen atoms in total. The van der Waals surface area contributed by atoms with Crippen molar-refractivity contribution < 1.29 is 4.79 Å². The minimum atomic E-state index is -0.207. The number of nitrogens with two attached hydrogens (primary N) is 1. The molecule has 0 aliphatic rings. The molecular weight excluding hydrogens is 375 g/mol. The van der Waals surface area contributed by atoms with E-state index >= 15 is 0 Å². The summed E-state index contributed by atoms with van der Waals surface area (Å²) in [5.74, 6) is -0.207. The zero-order chi connectivity index (χ0) is 15.6. The number of hydrogen-bond acceptors (Lipinski definition) is 2. The van der Waals surface area contributed by atoms with Crippen molar-refractivity contribution in [3.05, 3.63) is 62.0 Å². The first kappa shape index (κ1) is 16.1. The van der Waals surface area contributed by atoms with Crippen LogP contribution in [0.5, 0.6) is 0 Å². The molecule has 110 valence electrons. The maximum Gasteiger partial charge on any atom is 0.251 e. The summed E-state index contributed by atoms with van der Waals surface area (Å²) < 4.78 is 0.759. The molecule has 2 aromatic carbocycles. The van der Waals surface area contributed by atoms with Gasteiger partial charge in [-0.2, -0.15) is 0 Å². The molecule has 1 amide bonds. The quantitative estimate of drug-likeness (QED) is 0.741. The molecule has 0 saturated carbocycles. The topological polar surface area (TPSA) is 55.1 Å². The average molecular weight is 388 g/mol. The van der Waals surface area contributed by atoms with E-state index in [1.54, 1.807) is 30.3 Å². The Morgan fingerprint density at radius 3 is 2.52 bits per heavy atom. The number of hydrogen-bond donors (Lipinski definition) is 2. The molecule has 21 heavy (non-hydrogen) atoms. The fraction of sp³-hybridized carbons (Fsp3) is 0.133. The van der Waals surface area contributed by atoms with E-state index in [2.05, 4.69) is 21.2 Å². The average Bonchev–Trinajstić information content (AvgIpc) is 2.40. The Morgan fingerprint density at radius 1 is 1.19 bits per heavy atom. The summed E-state index contributed by atoms with van der Waals surface area (Å²) in [5.41, 5.74) is 7.63. The van der Waals surface area contributed by atoms with Crippen molar-refractivity contribution in [2.24, 2.45) is 0 Å². The molecule has 6 heteroatoms. The Hall–Kier alpha value is -1.23. The number of carbonyl (C=O) groups is 1. The molecule has 1 unspecified atom stereocenters. The monoisotopic (exact) mass is 386 g/mol. The molecule has 0 heterocycles. The van der Waals surface area contributed by atoms with Crippen molar-refractivity contribution in [1.82, 2.24) is 5.32 Å². The lowest BCUT2D eigenvalue weighted by Gasteiger charge is -2.15. The minimum absolute atomic E-state index is 0.201. The van der Waals surface area contributed by atoms with Crippen molar-refractivity contribution in [3.8, 4) is 0 Å². The molecule has 0 spiro atoms. The van der Waals surface area contributed by atoms with E-state index in [0.29, 0.717) is 21.3 Å². The Balaban J connectivity index is 2.16. The van der Waals surface area contributed by atoms with Gasteiger partial charge in [-0.1, -0.05) is 45.2 Å². The van der Waals surface area contributed by atoms with Gasteiger partial charge in [0.05, 0.1) is 16.1 Å². The van der Waals surface area contributed by atoms with Crippen LogP contribution in [-0.4, -0.2) is 5.91 Å². The van der Waals surface area contributed by atoms with E-state index in [-0.39, 0.29) is 11.9 Å². The van der Waals surface area contributed by atoms with Crippen LogP contribution in [0.25, 0.3) is 0 Å². The Morgan fingerprint density at radius 2 is 1.90 bits per heavy atom. The fourth-order valence-corrected chi connectivity index (χ4v) is 2.71. The van der Waals surface area contributed by atoms with Crippen LogP contribution in [0.1, 0.15) is 28.9 Å². The predicted octanol–water partition coefficient (Wildman–Crippen LogP) is 4.83. The highest BCUT2D eigenvalue weighted by molar-refractivity contribution is 9.10. The lowest BCUT2D eigenvalue weighted by Crippen LogP contribution is -2.26. The number of halogens is 3. The van der Waals surface area contributed by atoms with Crippen molar-refractivity contribution in [2.45, 2.75) is 13.0 Å². The van der Waals surface area contributed by atoms with E-state index in [4.69, 9.17) is 28.9 Å². The fourth-order valence-electron chi connectivity index (χ4n) is 1.89. The highest BCUT2D eigenvalue weighted by Gasteiger charge is 2.13. The number of anilines is 1. The third-order valence-electron chi connectivity index (χ3n) is 2.97. The summed E-state index contributed by atoms with van der Waals surface area (Å²) in [6.07, 6.45) is 0. The number of rotatable bonds is 3. The molecule has 0 aliphatic heterocycles. The number of benzene rings is 2. The summed E-state index contributed by atoms with van der Waals surface area (Å²) in [5, 5.41) is 3.84. The molecule has 0 bridgehead atoms. The van der Waals surface area contributed by atoms with Gasteiger partial charge in [0.2, 0.25) is 0 Å². The third-order valence-corrected chi connectivity index (χ3v) is 4.17. The van der Waals surface area contributed by atoms with E-state index in [1.807, 2.05) is 13.0 Å². The molecule has 1 atom stereocenters. The van der Waals surface area contributed by atoms with Gasteiger partial charge in [0.25, 0.3) is 5.91 Å². The summed E-state index contributed by atoms with van der Waals surface area (Å²) in [4.78, 5) is 12.2. The van der Waals surface area contributed by atoms with Crippen molar-refractivity contribution in [1.29, 1.82) is 0 Å². The van der Waals surface area contributed by atoms with E-state index < -0.39 is 0 Å². The first-order valence-corrected chi connectivity index (χ1v) is 7.73. The van der Waals surface area contributed by atoms with Gasteiger partial charge in [0, 0.05) is 15.7 Å². The van der Waals surface area contributed by atoms with Crippen LogP contribution in [0.15, 0.2) is 40.9 Å². The van der Waals surface area contributed by atoms with Crippen molar-refractivity contribution in [3.63, 3.8) is 0 Å². The SMILES string of the molecule is CC(NC(=O)c1cc(N)cc(Br)c1)c1ccc(Cl)c(Cl)c1. The van der Waals surface area contributed by atoms with E-state index in [0.717, 1.165) is 10.0 Å². The predicted molar refractivity (Wildman–Crippen MR) is 90.9 cm³/mol. The molecule has 0 saturated heterocycles. The van der Waals surface area contributed by atoms with Gasteiger partial charge in [-0.25, -0.2) is 0 Å². The second kappa shape index (κ2) is 6.69. The number of carbonyl (C=O) groups excluding carboxylic acids is 1. The molecule has 3 N–H and O–H groups in total. The largest absolute Gasteiger partial charge is 0.399 e. The highest BCUT2D eigenvalue weighted by atomic mass is 79.9. The van der Waals surface area contributed by atoms with Crippen LogP contribution in [0.2, 0.25) is 10.0 Å².